The highest BCUT2D eigenvalue weighted by Crippen LogP contribution is 2.31. The van der Waals surface area contributed by atoms with Crippen molar-refractivity contribution >= 4 is 5.91 Å². The van der Waals surface area contributed by atoms with Gasteiger partial charge in [-0.3, -0.25) is 4.79 Å². The molecule has 160 valence electrons. The minimum atomic E-state index is -0.770. The van der Waals surface area contributed by atoms with Gasteiger partial charge in [-0.15, -0.1) is 0 Å². The Morgan fingerprint density at radius 2 is 1.97 bits per heavy atom. The van der Waals surface area contributed by atoms with Gasteiger partial charge in [0.2, 0.25) is 5.89 Å². The quantitative estimate of drug-likeness (QED) is 0.561. The topological polar surface area (TPSA) is 111 Å². The first kappa shape index (κ1) is 22.8. The number of phenols is 1. The van der Waals surface area contributed by atoms with Crippen molar-refractivity contribution in [2.24, 2.45) is 5.73 Å². The lowest BCUT2D eigenvalue weighted by atomic mass is 10.2. The molecule has 0 aliphatic rings. The molecule has 0 aliphatic carbocycles. The number of hydrogen-bond donors (Lipinski definition) is 3. The smallest absolute Gasteiger partial charge is 0.273 e. The molecule has 0 bridgehead atoms. The van der Waals surface area contributed by atoms with E-state index in [-0.39, 0.29) is 47.5 Å². The lowest BCUT2D eigenvalue weighted by Crippen LogP contribution is -2.25. The van der Waals surface area contributed by atoms with Gasteiger partial charge < -0.3 is 25.3 Å². The highest BCUT2D eigenvalue weighted by Gasteiger charge is 2.21. The molecule has 30 heavy (non-hydrogen) atoms. The molecule has 9 heteroatoms. The molecular formula is C21H23F2N3O4. The van der Waals surface area contributed by atoms with Crippen molar-refractivity contribution in [1.82, 2.24) is 10.3 Å². The van der Waals surface area contributed by atoms with Crippen LogP contribution in [0.1, 0.15) is 35.7 Å². The van der Waals surface area contributed by atoms with Crippen LogP contribution in [0, 0.1) is 11.6 Å². The first-order valence-corrected chi connectivity index (χ1v) is 9.22. The van der Waals surface area contributed by atoms with Gasteiger partial charge in [-0.1, -0.05) is 19.9 Å². The molecule has 4 N–H and O–H groups in total. The lowest BCUT2D eigenvalue weighted by Gasteiger charge is -2.05. The monoisotopic (exact) mass is 419 g/mol. The van der Waals surface area contributed by atoms with Gasteiger partial charge in [0.25, 0.3) is 5.91 Å². The summed E-state index contributed by atoms with van der Waals surface area (Å²) in [6.07, 6.45) is 0. The predicted octanol–water partition coefficient (Wildman–Crippen LogP) is 3.75. The maximum absolute atomic E-state index is 13.7. The molecule has 0 unspecified atom stereocenters. The summed E-state index contributed by atoms with van der Waals surface area (Å²) in [5, 5.41) is 12.4. The van der Waals surface area contributed by atoms with Gasteiger partial charge in [0.05, 0.1) is 13.7 Å². The number of aromatic hydroxyl groups is 1. The lowest BCUT2D eigenvalue weighted by molar-refractivity contribution is 0.0944. The van der Waals surface area contributed by atoms with E-state index in [1.807, 2.05) is 13.8 Å². The fourth-order valence-electron chi connectivity index (χ4n) is 2.54. The number of hydrogen-bond acceptors (Lipinski definition) is 6. The van der Waals surface area contributed by atoms with Crippen molar-refractivity contribution < 1.29 is 27.8 Å². The van der Waals surface area contributed by atoms with Crippen LogP contribution in [0.2, 0.25) is 0 Å². The van der Waals surface area contributed by atoms with E-state index in [1.54, 1.807) is 6.07 Å². The first-order chi connectivity index (χ1) is 14.4. The number of ether oxygens (including phenoxy) is 1. The number of aromatic nitrogens is 1. The predicted molar refractivity (Wildman–Crippen MR) is 107 cm³/mol. The van der Waals surface area contributed by atoms with E-state index in [0.29, 0.717) is 5.56 Å². The molecule has 0 fully saturated rings. The average Bonchev–Trinajstić information content (AvgIpc) is 3.19. The summed E-state index contributed by atoms with van der Waals surface area (Å²) in [6.45, 7) is 3.74. The van der Waals surface area contributed by atoms with Gasteiger partial charge in [-0.25, -0.2) is 13.8 Å². The van der Waals surface area contributed by atoms with E-state index in [9.17, 15) is 18.7 Å². The number of methoxy groups -OCH3 is 1. The third-order valence-electron chi connectivity index (χ3n) is 3.98. The average molecular weight is 419 g/mol. The second-order valence-corrected chi connectivity index (χ2v) is 5.80. The highest BCUT2D eigenvalue weighted by atomic mass is 19.1. The SMILES string of the molecule is CC.COc1ccc(-c2nc(C(=O)NCc3ccc(F)cc3F)c(CN)o2)cc1O. The Morgan fingerprint density at radius 1 is 1.23 bits per heavy atom. The van der Waals surface area contributed by atoms with E-state index in [1.165, 1.54) is 25.3 Å². The summed E-state index contributed by atoms with van der Waals surface area (Å²) in [7, 11) is 1.42. The Morgan fingerprint density at radius 3 is 2.57 bits per heavy atom. The van der Waals surface area contributed by atoms with Crippen molar-refractivity contribution in [3.63, 3.8) is 0 Å². The van der Waals surface area contributed by atoms with Gasteiger partial charge in [-0.05, 0) is 24.3 Å². The van der Waals surface area contributed by atoms with E-state index in [4.69, 9.17) is 14.9 Å². The van der Waals surface area contributed by atoms with Crippen LogP contribution in [0.4, 0.5) is 8.78 Å². The molecule has 2 aromatic carbocycles. The number of benzene rings is 2. The van der Waals surface area contributed by atoms with Gasteiger partial charge >= 0.3 is 0 Å². The number of nitrogens with two attached hydrogens (primary N) is 1. The molecule has 0 spiro atoms. The number of carbonyl (C=O) groups is 1. The number of oxazole rings is 1. The summed E-state index contributed by atoms with van der Waals surface area (Å²) >= 11 is 0. The fourth-order valence-corrected chi connectivity index (χ4v) is 2.54. The highest BCUT2D eigenvalue weighted by molar-refractivity contribution is 5.93. The van der Waals surface area contributed by atoms with Crippen LogP contribution in [0.25, 0.3) is 11.5 Å². The molecule has 3 rings (SSSR count). The van der Waals surface area contributed by atoms with E-state index in [2.05, 4.69) is 10.3 Å². The molecule has 1 aromatic heterocycles. The largest absolute Gasteiger partial charge is 0.504 e. The van der Waals surface area contributed by atoms with E-state index < -0.39 is 17.5 Å². The maximum atomic E-state index is 13.7. The molecule has 0 saturated carbocycles. The minimum Gasteiger partial charge on any atom is -0.504 e. The van der Waals surface area contributed by atoms with Crippen LogP contribution < -0.4 is 15.8 Å². The normalized spacial score (nSPS) is 10.2. The second kappa shape index (κ2) is 10.4. The third kappa shape index (κ3) is 5.12. The van der Waals surface area contributed by atoms with Crippen molar-refractivity contribution in [3.8, 4) is 23.0 Å². The van der Waals surface area contributed by atoms with Crippen LogP contribution in [0.15, 0.2) is 40.8 Å². The molecule has 0 radical (unpaired) electrons. The third-order valence-corrected chi connectivity index (χ3v) is 3.98. The summed E-state index contributed by atoms with van der Waals surface area (Å²) < 4.78 is 37.1. The molecule has 0 atom stereocenters. The number of nitrogens with one attached hydrogen (secondary N) is 1. The number of phenolic OH excluding ortho intramolecular Hbond substituents is 1. The second-order valence-electron chi connectivity index (χ2n) is 5.80. The minimum absolute atomic E-state index is 0.0599. The Balaban J connectivity index is 0.00000155. The van der Waals surface area contributed by atoms with Crippen molar-refractivity contribution in [2.75, 3.05) is 7.11 Å². The van der Waals surface area contributed by atoms with Crippen LogP contribution in [0.5, 0.6) is 11.5 Å². The number of halogens is 2. The zero-order valence-electron chi connectivity index (χ0n) is 16.8. The van der Waals surface area contributed by atoms with Crippen molar-refractivity contribution in [2.45, 2.75) is 26.9 Å². The maximum Gasteiger partial charge on any atom is 0.273 e. The zero-order valence-corrected chi connectivity index (χ0v) is 16.8. The van der Waals surface area contributed by atoms with E-state index >= 15 is 0 Å². The number of nitrogens with zero attached hydrogens (tertiary/aromatic N) is 1. The Kier molecular flexibility index (Phi) is 7.88. The van der Waals surface area contributed by atoms with Gasteiger partial charge in [0.1, 0.15) is 11.6 Å². The standard InChI is InChI=1S/C19H17F2N3O4.C2H6/c1-27-15-5-3-10(6-14(15)25)19-24-17(16(8-22)28-19)18(26)23-9-11-2-4-12(20)7-13(11)21;1-2/h2-7,25H,8-9,22H2,1H3,(H,23,26);1-2H3. The Bertz CT molecular complexity index is 1020. The molecule has 7 nitrogen and oxygen atoms in total. The summed E-state index contributed by atoms with van der Waals surface area (Å²) in [4.78, 5) is 16.6. The number of carbonyl (C=O) groups excluding carboxylic acids is 1. The molecule has 0 aliphatic heterocycles. The summed E-state index contributed by atoms with van der Waals surface area (Å²) in [5.74, 6) is -1.74. The van der Waals surface area contributed by atoms with Gasteiger partial charge in [0, 0.05) is 23.7 Å². The Labute approximate surface area is 172 Å². The molecule has 3 aromatic rings. The Hall–Kier alpha value is -3.46. The zero-order chi connectivity index (χ0) is 22.3. The summed E-state index contributed by atoms with van der Waals surface area (Å²) in [5.41, 5.74) is 6.09. The van der Waals surface area contributed by atoms with Crippen LogP contribution in [0.3, 0.4) is 0 Å². The van der Waals surface area contributed by atoms with Gasteiger partial charge in [-0.2, -0.15) is 0 Å². The number of amides is 1. The molecule has 0 saturated heterocycles. The van der Waals surface area contributed by atoms with Crippen LogP contribution in [-0.4, -0.2) is 23.1 Å². The first-order valence-electron chi connectivity index (χ1n) is 9.22. The van der Waals surface area contributed by atoms with Crippen LogP contribution >= 0.6 is 0 Å². The summed E-state index contributed by atoms with van der Waals surface area (Å²) in [6, 6.07) is 7.56. The van der Waals surface area contributed by atoms with Crippen LogP contribution in [-0.2, 0) is 13.1 Å². The van der Waals surface area contributed by atoms with Crippen molar-refractivity contribution in [3.05, 3.63) is 65.1 Å². The van der Waals surface area contributed by atoms with Crippen molar-refractivity contribution in [1.29, 1.82) is 0 Å². The fraction of sp³-hybridized carbons (Fsp3) is 0.238. The molecular weight excluding hydrogens is 396 g/mol. The molecule has 1 heterocycles. The van der Waals surface area contributed by atoms with Gasteiger partial charge in [0.15, 0.2) is 23.0 Å². The van der Waals surface area contributed by atoms with E-state index in [0.717, 1.165) is 12.1 Å². The number of rotatable bonds is 6. The molecule has 1 amide bonds.